The van der Waals surface area contributed by atoms with Crippen LogP contribution in [-0.4, -0.2) is 20.6 Å². The second-order valence-corrected chi connectivity index (χ2v) is 7.21. The highest BCUT2D eigenvalue weighted by Crippen LogP contribution is 2.20. The number of carbonyl (C=O) groups excluding carboxylic acids is 1. The summed E-state index contributed by atoms with van der Waals surface area (Å²) in [4.78, 5) is 29.6. The van der Waals surface area contributed by atoms with Crippen LogP contribution in [0.1, 0.15) is 11.1 Å². The van der Waals surface area contributed by atoms with Gasteiger partial charge in [-0.2, -0.15) is 4.98 Å². The summed E-state index contributed by atoms with van der Waals surface area (Å²) in [7, 11) is 0. The highest BCUT2D eigenvalue weighted by Gasteiger charge is 2.16. The lowest BCUT2D eigenvalue weighted by Crippen LogP contribution is -2.28. The maximum atomic E-state index is 13.1. The average molecular weight is 418 g/mol. The molecule has 0 bridgehead atoms. The van der Waals surface area contributed by atoms with E-state index >= 15 is 0 Å². The lowest BCUT2D eigenvalue weighted by Gasteiger charge is -2.09. The Hall–Kier alpha value is -4.07. The van der Waals surface area contributed by atoms with E-state index in [9.17, 15) is 14.0 Å². The Morgan fingerprint density at radius 2 is 1.81 bits per heavy atom. The van der Waals surface area contributed by atoms with E-state index in [4.69, 9.17) is 4.52 Å². The molecule has 0 spiro atoms. The number of nitrogens with one attached hydrogen (secondary N) is 1. The Kier molecular flexibility index (Phi) is 5.44. The van der Waals surface area contributed by atoms with Gasteiger partial charge in [-0.3, -0.25) is 9.59 Å². The van der Waals surface area contributed by atoms with Crippen LogP contribution in [0.5, 0.6) is 0 Å². The third-order valence-electron chi connectivity index (χ3n) is 4.60. The van der Waals surface area contributed by atoms with Gasteiger partial charge < -0.3 is 14.4 Å². The number of hydrogen-bond acceptors (Lipinski definition) is 5. The molecular formula is C23H19FN4O3. The van der Waals surface area contributed by atoms with Crippen LogP contribution in [0.2, 0.25) is 0 Å². The molecule has 2 aromatic heterocycles. The van der Waals surface area contributed by atoms with Crippen LogP contribution in [0.25, 0.3) is 22.8 Å². The van der Waals surface area contributed by atoms with E-state index in [1.807, 2.05) is 32.0 Å². The Labute approximate surface area is 177 Å². The highest BCUT2D eigenvalue weighted by molar-refractivity contribution is 5.90. The fourth-order valence-electron chi connectivity index (χ4n) is 3.28. The monoisotopic (exact) mass is 418 g/mol. The van der Waals surface area contributed by atoms with Crippen molar-refractivity contribution in [2.75, 3.05) is 5.32 Å². The van der Waals surface area contributed by atoms with Crippen LogP contribution in [0, 0.1) is 19.7 Å². The summed E-state index contributed by atoms with van der Waals surface area (Å²) < 4.78 is 19.6. The highest BCUT2D eigenvalue weighted by atomic mass is 19.1. The van der Waals surface area contributed by atoms with Crippen LogP contribution in [0.4, 0.5) is 10.1 Å². The molecule has 0 fully saturated rings. The predicted molar refractivity (Wildman–Crippen MR) is 114 cm³/mol. The molecule has 0 saturated heterocycles. The molecule has 1 amide bonds. The molecule has 0 unspecified atom stereocenters. The van der Waals surface area contributed by atoms with Crippen LogP contribution in [0.3, 0.4) is 0 Å². The number of halogens is 1. The van der Waals surface area contributed by atoms with Crippen LogP contribution in [-0.2, 0) is 11.3 Å². The Bertz CT molecular complexity index is 1290. The molecule has 8 heteroatoms. The van der Waals surface area contributed by atoms with Crippen LogP contribution in [0.15, 0.2) is 70.1 Å². The number of pyridine rings is 1. The lowest BCUT2D eigenvalue weighted by atomic mass is 10.1. The number of aromatic nitrogens is 3. The number of benzene rings is 2. The van der Waals surface area contributed by atoms with E-state index in [1.54, 1.807) is 12.1 Å². The van der Waals surface area contributed by atoms with Crippen molar-refractivity contribution in [3.05, 3.63) is 88.1 Å². The van der Waals surface area contributed by atoms with Crippen molar-refractivity contribution in [3.63, 3.8) is 0 Å². The fourth-order valence-corrected chi connectivity index (χ4v) is 3.28. The summed E-state index contributed by atoms with van der Waals surface area (Å²) in [6.45, 7) is 3.72. The number of nitrogens with zero attached hydrogens (tertiary/aromatic N) is 3. The number of amides is 1. The Balaban J connectivity index is 1.55. The van der Waals surface area contributed by atoms with Gasteiger partial charge in [0.25, 0.3) is 11.4 Å². The molecule has 0 aliphatic carbocycles. The summed E-state index contributed by atoms with van der Waals surface area (Å²) in [5, 5.41) is 6.67. The second-order valence-electron chi connectivity index (χ2n) is 7.21. The van der Waals surface area contributed by atoms with Gasteiger partial charge in [-0.1, -0.05) is 11.2 Å². The quantitative estimate of drug-likeness (QED) is 0.530. The SMILES string of the molecule is Cc1cc(C)cc(NC(=O)Cn2cccc(-c3nc(-c4ccc(F)cc4)no3)c2=O)c1. The van der Waals surface area contributed by atoms with Gasteiger partial charge in [0.15, 0.2) is 0 Å². The first-order valence-electron chi connectivity index (χ1n) is 9.57. The summed E-state index contributed by atoms with van der Waals surface area (Å²) in [5.74, 6) is -0.454. The molecule has 4 rings (SSSR count). The molecule has 0 radical (unpaired) electrons. The molecule has 7 nitrogen and oxygen atoms in total. The molecule has 156 valence electrons. The summed E-state index contributed by atoms with van der Waals surface area (Å²) in [6, 6.07) is 14.5. The predicted octanol–water partition coefficient (Wildman–Crippen LogP) is 3.96. The zero-order valence-electron chi connectivity index (χ0n) is 16.9. The minimum absolute atomic E-state index is 0.0217. The number of carbonyl (C=O) groups is 1. The third kappa shape index (κ3) is 4.58. The first-order chi connectivity index (χ1) is 14.9. The smallest absolute Gasteiger partial charge is 0.263 e. The summed E-state index contributed by atoms with van der Waals surface area (Å²) >= 11 is 0. The minimum Gasteiger partial charge on any atom is -0.333 e. The van der Waals surface area contributed by atoms with E-state index in [0.29, 0.717) is 11.3 Å². The van der Waals surface area contributed by atoms with Crippen molar-refractivity contribution in [1.82, 2.24) is 14.7 Å². The number of hydrogen-bond donors (Lipinski definition) is 1. The van der Waals surface area contributed by atoms with Gasteiger partial charge in [-0.15, -0.1) is 0 Å². The van der Waals surface area contributed by atoms with E-state index in [-0.39, 0.29) is 35.5 Å². The van der Waals surface area contributed by atoms with Crippen molar-refractivity contribution >= 4 is 11.6 Å². The Morgan fingerprint density at radius 3 is 2.52 bits per heavy atom. The van der Waals surface area contributed by atoms with Crippen molar-refractivity contribution in [1.29, 1.82) is 0 Å². The average Bonchev–Trinajstić information content (AvgIpc) is 3.19. The van der Waals surface area contributed by atoms with E-state index in [0.717, 1.165) is 11.1 Å². The standard InChI is InChI=1S/C23H19FN4O3/c1-14-10-15(2)12-18(11-14)25-20(29)13-28-9-3-4-19(23(28)30)22-26-21(27-31-22)16-5-7-17(24)8-6-16/h3-12H,13H2,1-2H3,(H,25,29). The molecule has 0 aliphatic heterocycles. The van der Waals surface area contributed by atoms with Gasteiger partial charge in [0.1, 0.15) is 17.9 Å². The molecule has 0 saturated carbocycles. The van der Waals surface area contributed by atoms with Crippen molar-refractivity contribution in [2.45, 2.75) is 20.4 Å². The van der Waals surface area contributed by atoms with Crippen LogP contribution >= 0.6 is 0 Å². The number of aryl methyl sites for hydroxylation is 2. The van der Waals surface area contributed by atoms with E-state index in [2.05, 4.69) is 15.5 Å². The lowest BCUT2D eigenvalue weighted by molar-refractivity contribution is -0.116. The second kappa shape index (κ2) is 8.35. The van der Waals surface area contributed by atoms with Gasteiger partial charge in [0.2, 0.25) is 11.7 Å². The maximum absolute atomic E-state index is 13.1. The molecule has 4 aromatic rings. The van der Waals surface area contributed by atoms with Gasteiger partial charge in [0.05, 0.1) is 0 Å². The molecular weight excluding hydrogens is 399 g/mol. The topological polar surface area (TPSA) is 90.0 Å². The van der Waals surface area contributed by atoms with Crippen molar-refractivity contribution < 1.29 is 13.7 Å². The largest absolute Gasteiger partial charge is 0.333 e. The minimum atomic E-state index is -0.438. The zero-order valence-corrected chi connectivity index (χ0v) is 16.9. The third-order valence-corrected chi connectivity index (χ3v) is 4.60. The Morgan fingerprint density at radius 1 is 1.10 bits per heavy atom. The fraction of sp³-hybridized carbons (Fsp3) is 0.130. The molecule has 31 heavy (non-hydrogen) atoms. The molecule has 0 aliphatic rings. The van der Waals surface area contributed by atoms with Crippen molar-refractivity contribution in [2.24, 2.45) is 0 Å². The van der Waals surface area contributed by atoms with Crippen molar-refractivity contribution in [3.8, 4) is 22.8 Å². The van der Waals surface area contributed by atoms with Crippen LogP contribution < -0.4 is 10.9 Å². The first kappa shape index (κ1) is 20.2. The van der Waals surface area contributed by atoms with E-state index < -0.39 is 5.56 Å². The molecule has 0 atom stereocenters. The normalized spacial score (nSPS) is 10.8. The summed E-state index contributed by atoms with van der Waals surface area (Å²) in [6.07, 6.45) is 1.52. The van der Waals surface area contributed by atoms with E-state index in [1.165, 1.54) is 35.0 Å². The zero-order chi connectivity index (χ0) is 22.0. The number of anilines is 1. The first-order valence-corrected chi connectivity index (χ1v) is 9.57. The summed E-state index contributed by atoms with van der Waals surface area (Å²) in [5.41, 5.74) is 3.02. The van der Waals surface area contributed by atoms with Gasteiger partial charge >= 0.3 is 0 Å². The maximum Gasteiger partial charge on any atom is 0.263 e. The molecule has 2 heterocycles. The van der Waals surface area contributed by atoms with Gasteiger partial charge in [0, 0.05) is 17.4 Å². The molecule has 2 aromatic carbocycles. The van der Waals surface area contributed by atoms with Gasteiger partial charge in [-0.05, 0) is 73.5 Å². The number of rotatable bonds is 5. The molecule has 1 N–H and O–H groups in total. The van der Waals surface area contributed by atoms with Gasteiger partial charge in [-0.25, -0.2) is 4.39 Å².